The first-order valence-corrected chi connectivity index (χ1v) is 6.86. The normalized spacial score (nSPS) is 10.0. The molecule has 1 heterocycles. The maximum absolute atomic E-state index is 12.0. The summed E-state index contributed by atoms with van der Waals surface area (Å²) in [6.07, 6.45) is 0.448. The van der Waals surface area contributed by atoms with Crippen molar-refractivity contribution in [1.82, 2.24) is 9.97 Å². The molecule has 22 heavy (non-hydrogen) atoms. The fraction of sp³-hybridized carbons (Fsp3) is 0.250. The second kappa shape index (κ2) is 6.68. The lowest BCUT2D eigenvalue weighted by molar-refractivity contribution is -0.116. The molecule has 1 aromatic carbocycles. The number of hydrogen-bond acceptors (Lipinski definition) is 4. The molecule has 0 radical (unpaired) electrons. The number of rotatable bonds is 4. The molecule has 0 fully saturated rings. The average Bonchev–Trinajstić information content (AvgIpc) is 2.46. The highest BCUT2D eigenvalue weighted by Crippen LogP contribution is 2.14. The number of nitriles is 1. The molecular weight excluding hydrogens is 280 g/mol. The molecule has 112 valence electrons. The van der Waals surface area contributed by atoms with Crippen LogP contribution in [0.2, 0.25) is 0 Å². The molecule has 6 heteroatoms. The number of hydrogen-bond donors (Lipinski definition) is 2. The van der Waals surface area contributed by atoms with Gasteiger partial charge < -0.3 is 10.3 Å². The van der Waals surface area contributed by atoms with E-state index in [1.54, 1.807) is 38.1 Å². The molecule has 0 bridgehead atoms. The Morgan fingerprint density at radius 1 is 1.36 bits per heavy atom. The first-order chi connectivity index (χ1) is 10.5. The van der Waals surface area contributed by atoms with Gasteiger partial charge in [0.1, 0.15) is 11.9 Å². The molecule has 0 spiro atoms. The van der Waals surface area contributed by atoms with Gasteiger partial charge in [-0.2, -0.15) is 5.26 Å². The summed E-state index contributed by atoms with van der Waals surface area (Å²) in [5, 5.41) is 11.7. The summed E-state index contributed by atoms with van der Waals surface area (Å²) in [4.78, 5) is 30.7. The molecular formula is C16H16N4O2. The zero-order chi connectivity index (χ0) is 16.1. The van der Waals surface area contributed by atoms with Crippen molar-refractivity contribution in [2.75, 3.05) is 5.32 Å². The van der Waals surface area contributed by atoms with Crippen LogP contribution in [-0.2, 0) is 11.2 Å². The van der Waals surface area contributed by atoms with Crippen molar-refractivity contribution in [3.8, 4) is 6.07 Å². The fourth-order valence-electron chi connectivity index (χ4n) is 2.19. The van der Waals surface area contributed by atoms with Crippen LogP contribution in [0.15, 0.2) is 29.1 Å². The van der Waals surface area contributed by atoms with Gasteiger partial charge in [-0.1, -0.05) is 12.1 Å². The molecule has 0 aliphatic heterocycles. The van der Waals surface area contributed by atoms with E-state index in [1.807, 2.05) is 6.07 Å². The molecule has 0 saturated heterocycles. The lowest BCUT2D eigenvalue weighted by Gasteiger charge is -2.08. The number of carbonyl (C=O) groups is 1. The molecule has 0 aliphatic carbocycles. The first-order valence-electron chi connectivity index (χ1n) is 6.86. The van der Waals surface area contributed by atoms with E-state index in [1.165, 1.54) is 0 Å². The van der Waals surface area contributed by atoms with Crippen molar-refractivity contribution in [1.29, 1.82) is 5.26 Å². The molecule has 2 N–H and O–H groups in total. The van der Waals surface area contributed by atoms with Gasteiger partial charge in [0.15, 0.2) is 0 Å². The van der Waals surface area contributed by atoms with Crippen LogP contribution in [0.5, 0.6) is 0 Å². The van der Waals surface area contributed by atoms with Crippen molar-refractivity contribution >= 4 is 11.6 Å². The van der Waals surface area contributed by atoms with Crippen LogP contribution in [0.3, 0.4) is 0 Å². The number of aromatic nitrogens is 2. The second-order valence-corrected chi connectivity index (χ2v) is 4.92. The third kappa shape index (κ3) is 3.58. The van der Waals surface area contributed by atoms with Crippen molar-refractivity contribution in [2.45, 2.75) is 26.7 Å². The zero-order valence-electron chi connectivity index (χ0n) is 12.4. The number of amides is 1. The number of aryl methyl sites for hydroxylation is 2. The van der Waals surface area contributed by atoms with E-state index in [0.717, 1.165) is 0 Å². The molecule has 6 nitrogen and oxygen atoms in total. The molecule has 1 amide bonds. The number of aromatic amines is 1. The van der Waals surface area contributed by atoms with Crippen LogP contribution in [0.1, 0.15) is 29.1 Å². The summed E-state index contributed by atoms with van der Waals surface area (Å²) >= 11 is 0. The molecule has 0 aliphatic rings. The van der Waals surface area contributed by atoms with Gasteiger partial charge in [0.2, 0.25) is 5.91 Å². The highest BCUT2D eigenvalue weighted by Gasteiger charge is 2.11. The highest BCUT2D eigenvalue weighted by atomic mass is 16.1. The highest BCUT2D eigenvalue weighted by molar-refractivity contribution is 5.92. The zero-order valence-corrected chi connectivity index (χ0v) is 12.4. The Labute approximate surface area is 127 Å². The number of para-hydroxylation sites is 1. The van der Waals surface area contributed by atoms with Crippen molar-refractivity contribution in [3.63, 3.8) is 0 Å². The van der Waals surface area contributed by atoms with Gasteiger partial charge in [-0.25, -0.2) is 4.98 Å². The third-order valence-corrected chi connectivity index (χ3v) is 3.26. The fourth-order valence-corrected chi connectivity index (χ4v) is 2.19. The Hall–Kier alpha value is -2.94. The third-order valence-electron chi connectivity index (χ3n) is 3.26. The van der Waals surface area contributed by atoms with Gasteiger partial charge in [-0.05, 0) is 32.4 Å². The van der Waals surface area contributed by atoms with Crippen LogP contribution in [0.4, 0.5) is 5.69 Å². The average molecular weight is 296 g/mol. The number of nitrogens with one attached hydrogen (secondary N) is 2. The quantitative estimate of drug-likeness (QED) is 0.899. The van der Waals surface area contributed by atoms with Crippen LogP contribution in [-0.4, -0.2) is 15.9 Å². The minimum Gasteiger partial charge on any atom is -0.325 e. The number of anilines is 1. The Bertz CT molecular complexity index is 803. The van der Waals surface area contributed by atoms with Crippen molar-refractivity contribution in [3.05, 3.63) is 57.3 Å². The maximum atomic E-state index is 12.0. The second-order valence-electron chi connectivity index (χ2n) is 4.92. The molecule has 1 aromatic heterocycles. The van der Waals surface area contributed by atoms with E-state index in [2.05, 4.69) is 15.3 Å². The molecule has 0 saturated carbocycles. The Kier molecular flexibility index (Phi) is 4.69. The van der Waals surface area contributed by atoms with E-state index in [-0.39, 0.29) is 17.9 Å². The molecule has 2 rings (SSSR count). The monoisotopic (exact) mass is 296 g/mol. The molecule has 0 atom stereocenters. The van der Waals surface area contributed by atoms with Gasteiger partial charge in [-0.15, -0.1) is 0 Å². The maximum Gasteiger partial charge on any atom is 0.254 e. The molecule has 2 aromatic rings. The van der Waals surface area contributed by atoms with Crippen LogP contribution >= 0.6 is 0 Å². The molecule has 0 unspecified atom stereocenters. The summed E-state index contributed by atoms with van der Waals surface area (Å²) in [6, 6.07) is 8.80. The minimum absolute atomic E-state index is 0.147. The predicted molar refractivity (Wildman–Crippen MR) is 82.4 cm³/mol. The Morgan fingerprint density at radius 2 is 2.09 bits per heavy atom. The number of nitrogens with zero attached hydrogens (tertiary/aromatic N) is 2. The standard InChI is InChI=1S/C16H16N4O2/c1-10-13(16(22)19-11(2)18-10)7-8-15(21)20-14-6-4-3-5-12(14)9-17/h3-6H,7-8H2,1-2H3,(H,20,21)(H,18,19,22). The lowest BCUT2D eigenvalue weighted by atomic mass is 10.1. The largest absolute Gasteiger partial charge is 0.325 e. The summed E-state index contributed by atoms with van der Waals surface area (Å²) in [6.45, 7) is 3.46. The lowest BCUT2D eigenvalue weighted by Crippen LogP contribution is -2.20. The number of benzene rings is 1. The summed E-state index contributed by atoms with van der Waals surface area (Å²) in [5.41, 5.74) is 1.81. The van der Waals surface area contributed by atoms with Gasteiger partial charge in [0.25, 0.3) is 5.56 Å². The van der Waals surface area contributed by atoms with Crippen LogP contribution in [0, 0.1) is 25.2 Å². The predicted octanol–water partition coefficient (Wildman–Crippen LogP) is 1.83. The van der Waals surface area contributed by atoms with Crippen LogP contribution in [0.25, 0.3) is 0 Å². The smallest absolute Gasteiger partial charge is 0.254 e. The number of carbonyl (C=O) groups excluding carboxylic acids is 1. The van der Waals surface area contributed by atoms with Gasteiger partial charge in [-0.3, -0.25) is 9.59 Å². The minimum atomic E-state index is -0.248. The van der Waals surface area contributed by atoms with Gasteiger partial charge in [0, 0.05) is 17.7 Å². The topological polar surface area (TPSA) is 98.6 Å². The Balaban J connectivity index is 2.05. The first kappa shape index (κ1) is 15.4. The van der Waals surface area contributed by atoms with E-state index in [9.17, 15) is 9.59 Å². The van der Waals surface area contributed by atoms with Gasteiger partial charge in [0.05, 0.1) is 11.3 Å². The van der Waals surface area contributed by atoms with Crippen LogP contribution < -0.4 is 10.9 Å². The SMILES string of the molecule is Cc1nc(C)c(CCC(=O)Nc2ccccc2C#N)c(=O)[nH]1. The van der Waals surface area contributed by atoms with E-state index in [4.69, 9.17) is 5.26 Å². The van der Waals surface area contributed by atoms with E-state index in [0.29, 0.717) is 34.8 Å². The summed E-state index contributed by atoms with van der Waals surface area (Å²) in [7, 11) is 0. The van der Waals surface area contributed by atoms with E-state index < -0.39 is 0 Å². The Morgan fingerprint density at radius 3 is 2.77 bits per heavy atom. The number of H-pyrrole nitrogens is 1. The summed E-state index contributed by atoms with van der Waals surface area (Å²) in [5.74, 6) is 0.306. The van der Waals surface area contributed by atoms with Crippen molar-refractivity contribution < 1.29 is 4.79 Å². The van der Waals surface area contributed by atoms with E-state index >= 15 is 0 Å². The van der Waals surface area contributed by atoms with Crippen molar-refractivity contribution in [2.24, 2.45) is 0 Å². The van der Waals surface area contributed by atoms with Gasteiger partial charge >= 0.3 is 0 Å². The summed E-state index contributed by atoms with van der Waals surface area (Å²) < 4.78 is 0.